The molecule has 0 aliphatic carbocycles. The Morgan fingerprint density at radius 2 is 2.19 bits per heavy atom. The summed E-state index contributed by atoms with van der Waals surface area (Å²) in [5.74, 6) is 1.97. The molecule has 0 amide bonds. The molecule has 0 radical (unpaired) electrons. The van der Waals surface area contributed by atoms with Gasteiger partial charge in [0, 0.05) is 52.7 Å². The van der Waals surface area contributed by atoms with Crippen molar-refractivity contribution in [3.05, 3.63) is 36.8 Å². The maximum Gasteiger partial charge on any atom is 0.193 e. The van der Waals surface area contributed by atoms with Gasteiger partial charge < -0.3 is 19.4 Å². The first-order chi connectivity index (χ1) is 12.8. The number of aliphatic imine (C=N–C) groups is 1. The molecule has 0 aromatic carbocycles. The van der Waals surface area contributed by atoms with Crippen LogP contribution in [0, 0.1) is 0 Å². The first-order valence-electron chi connectivity index (χ1n) is 9.72. The molecule has 1 fully saturated rings. The van der Waals surface area contributed by atoms with E-state index in [4.69, 9.17) is 14.1 Å². The Bertz CT molecular complexity index is 516. The minimum Gasteiger partial charge on any atom is -0.469 e. The fourth-order valence-electron chi connectivity index (χ4n) is 2.95. The van der Waals surface area contributed by atoms with Crippen molar-refractivity contribution >= 4 is 29.9 Å². The Balaban J connectivity index is 0.00000364. The lowest BCUT2D eigenvalue weighted by molar-refractivity contribution is 0.0377. The van der Waals surface area contributed by atoms with Crippen molar-refractivity contribution in [2.75, 3.05) is 59.5 Å². The van der Waals surface area contributed by atoms with Gasteiger partial charge in [0.25, 0.3) is 0 Å². The van der Waals surface area contributed by atoms with Gasteiger partial charge in [-0.2, -0.15) is 0 Å². The van der Waals surface area contributed by atoms with Crippen LogP contribution >= 0.6 is 24.0 Å². The van der Waals surface area contributed by atoms with E-state index in [1.807, 2.05) is 18.2 Å². The van der Waals surface area contributed by atoms with Crippen LogP contribution in [0.25, 0.3) is 0 Å². The average molecular weight is 490 g/mol. The number of halogens is 1. The highest BCUT2D eigenvalue weighted by molar-refractivity contribution is 14.0. The van der Waals surface area contributed by atoms with E-state index in [9.17, 15) is 0 Å². The summed E-state index contributed by atoms with van der Waals surface area (Å²) < 4.78 is 10.8. The summed E-state index contributed by atoms with van der Waals surface area (Å²) in [7, 11) is 2.10. The van der Waals surface area contributed by atoms with E-state index < -0.39 is 0 Å². The van der Waals surface area contributed by atoms with Crippen LogP contribution in [0.2, 0.25) is 0 Å². The van der Waals surface area contributed by atoms with Crippen molar-refractivity contribution in [3.63, 3.8) is 0 Å². The predicted molar refractivity (Wildman–Crippen MR) is 122 cm³/mol. The van der Waals surface area contributed by atoms with Crippen LogP contribution < -0.4 is 5.32 Å². The predicted octanol–water partition coefficient (Wildman–Crippen LogP) is 3.01. The first-order valence-corrected chi connectivity index (χ1v) is 9.72. The highest BCUT2D eigenvalue weighted by atomic mass is 127. The molecule has 6 nitrogen and oxygen atoms in total. The van der Waals surface area contributed by atoms with Crippen LogP contribution in [0.3, 0.4) is 0 Å². The SMILES string of the molecule is C=CCCCN(C)C(=NCCCN1CCOCC1)NCCc1ccco1.I. The van der Waals surface area contributed by atoms with Gasteiger partial charge in [-0.3, -0.25) is 9.89 Å². The molecule has 0 unspecified atom stereocenters. The number of nitrogens with one attached hydrogen (secondary N) is 1. The highest BCUT2D eigenvalue weighted by Crippen LogP contribution is 2.01. The van der Waals surface area contributed by atoms with Crippen molar-refractivity contribution in [2.45, 2.75) is 25.7 Å². The summed E-state index contributed by atoms with van der Waals surface area (Å²) in [4.78, 5) is 9.49. The second-order valence-corrected chi connectivity index (χ2v) is 6.62. The van der Waals surface area contributed by atoms with E-state index in [2.05, 4.69) is 28.7 Å². The molecule has 1 N–H and O–H groups in total. The van der Waals surface area contributed by atoms with Crippen molar-refractivity contribution in [1.82, 2.24) is 15.1 Å². The molecule has 0 saturated carbocycles. The highest BCUT2D eigenvalue weighted by Gasteiger charge is 2.10. The molecule has 1 saturated heterocycles. The summed E-state index contributed by atoms with van der Waals surface area (Å²) in [6.07, 6.45) is 7.74. The molecule has 1 aromatic heterocycles. The summed E-state index contributed by atoms with van der Waals surface area (Å²) in [5, 5.41) is 3.48. The van der Waals surface area contributed by atoms with E-state index in [0.717, 1.165) is 89.9 Å². The molecule has 1 aromatic rings. The molecule has 1 aliphatic rings. The van der Waals surface area contributed by atoms with Crippen molar-refractivity contribution in [3.8, 4) is 0 Å². The topological polar surface area (TPSA) is 53.2 Å². The maximum absolute atomic E-state index is 5.40. The Kier molecular flexibility index (Phi) is 13.3. The number of hydrogen-bond donors (Lipinski definition) is 1. The molecular formula is C20H35IN4O2. The molecule has 154 valence electrons. The molecule has 27 heavy (non-hydrogen) atoms. The molecule has 2 heterocycles. The quantitative estimate of drug-likeness (QED) is 0.170. The van der Waals surface area contributed by atoms with Gasteiger partial charge in [-0.1, -0.05) is 6.08 Å². The van der Waals surface area contributed by atoms with Gasteiger partial charge in [-0.05, 0) is 31.4 Å². The minimum absolute atomic E-state index is 0. The van der Waals surface area contributed by atoms with Crippen LogP contribution in [0.5, 0.6) is 0 Å². The molecule has 2 rings (SSSR count). The van der Waals surface area contributed by atoms with E-state index in [1.54, 1.807) is 6.26 Å². The lowest BCUT2D eigenvalue weighted by Gasteiger charge is -2.26. The van der Waals surface area contributed by atoms with E-state index >= 15 is 0 Å². The van der Waals surface area contributed by atoms with Crippen LogP contribution in [0.15, 0.2) is 40.5 Å². The van der Waals surface area contributed by atoms with Gasteiger partial charge in [-0.15, -0.1) is 30.6 Å². The zero-order valence-electron chi connectivity index (χ0n) is 16.6. The van der Waals surface area contributed by atoms with E-state index in [1.165, 1.54) is 0 Å². The monoisotopic (exact) mass is 490 g/mol. The largest absolute Gasteiger partial charge is 0.469 e. The van der Waals surface area contributed by atoms with Gasteiger partial charge in [0.05, 0.1) is 19.5 Å². The third kappa shape index (κ3) is 10.2. The number of nitrogens with zero attached hydrogens (tertiary/aromatic N) is 3. The number of morpholine rings is 1. The van der Waals surface area contributed by atoms with Gasteiger partial charge in [0.1, 0.15) is 5.76 Å². The molecular weight excluding hydrogens is 455 g/mol. The Labute approximate surface area is 181 Å². The fourth-order valence-corrected chi connectivity index (χ4v) is 2.95. The molecule has 1 aliphatic heterocycles. The number of unbranched alkanes of at least 4 members (excludes halogenated alkanes) is 1. The summed E-state index contributed by atoms with van der Waals surface area (Å²) >= 11 is 0. The van der Waals surface area contributed by atoms with Crippen LogP contribution in [0.1, 0.15) is 25.0 Å². The second kappa shape index (κ2) is 14.9. The second-order valence-electron chi connectivity index (χ2n) is 6.62. The zero-order valence-corrected chi connectivity index (χ0v) is 18.9. The smallest absolute Gasteiger partial charge is 0.193 e. The number of furan rings is 1. The Morgan fingerprint density at radius 3 is 2.89 bits per heavy atom. The molecule has 0 spiro atoms. The average Bonchev–Trinajstić information content (AvgIpc) is 3.18. The number of allylic oxidation sites excluding steroid dienone is 1. The standard InChI is InChI=1S/C20H34N4O2.HI/c1-3-4-5-12-23(2)20(22-11-9-19-8-6-16-26-19)21-10-7-13-24-14-17-25-18-15-24;/h3,6,8,16H,1,4-5,7,9-15,17-18H2,2H3,(H,21,22);1H. The summed E-state index contributed by atoms with van der Waals surface area (Å²) in [6.45, 7) is 11.3. The van der Waals surface area contributed by atoms with E-state index in [0.29, 0.717) is 0 Å². The Morgan fingerprint density at radius 1 is 1.37 bits per heavy atom. The van der Waals surface area contributed by atoms with Crippen LogP contribution in [-0.4, -0.2) is 75.3 Å². The zero-order chi connectivity index (χ0) is 18.5. The molecule has 0 bridgehead atoms. The summed E-state index contributed by atoms with van der Waals surface area (Å²) in [6, 6.07) is 3.94. The number of ether oxygens (including phenoxy) is 1. The van der Waals surface area contributed by atoms with Gasteiger partial charge in [-0.25, -0.2) is 0 Å². The minimum atomic E-state index is 0. The number of guanidine groups is 1. The maximum atomic E-state index is 5.40. The molecule has 7 heteroatoms. The van der Waals surface area contributed by atoms with Gasteiger partial charge in [0.15, 0.2) is 5.96 Å². The summed E-state index contributed by atoms with van der Waals surface area (Å²) in [5.41, 5.74) is 0. The van der Waals surface area contributed by atoms with Gasteiger partial charge >= 0.3 is 0 Å². The van der Waals surface area contributed by atoms with Crippen LogP contribution in [0.4, 0.5) is 0 Å². The lowest BCUT2D eigenvalue weighted by Crippen LogP contribution is -2.40. The van der Waals surface area contributed by atoms with E-state index in [-0.39, 0.29) is 24.0 Å². The van der Waals surface area contributed by atoms with Gasteiger partial charge in [0.2, 0.25) is 0 Å². The normalized spacial score (nSPS) is 15.2. The van der Waals surface area contributed by atoms with Crippen LogP contribution in [-0.2, 0) is 11.2 Å². The third-order valence-electron chi connectivity index (χ3n) is 4.50. The first kappa shape index (κ1) is 24.0. The number of hydrogen-bond acceptors (Lipinski definition) is 4. The lowest BCUT2D eigenvalue weighted by atomic mass is 10.3. The number of rotatable bonds is 11. The third-order valence-corrected chi connectivity index (χ3v) is 4.50. The van der Waals surface area contributed by atoms with Crippen molar-refractivity contribution in [1.29, 1.82) is 0 Å². The Hall–Kier alpha value is -1.06. The van der Waals surface area contributed by atoms with Crippen molar-refractivity contribution in [2.24, 2.45) is 4.99 Å². The molecule has 0 atom stereocenters. The fraction of sp³-hybridized carbons (Fsp3) is 0.650. The van der Waals surface area contributed by atoms with Crippen molar-refractivity contribution < 1.29 is 9.15 Å².